The van der Waals surface area contributed by atoms with Gasteiger partial charge in [-0.3, -0.25) is 0 Å². The zero-order chi connectivity index (χ0) is 10.9. The molecule has 1 heterocycles. The first kappa shape index (κ1) is 10.4. The van der Waals surface area contributed by atoms with Crippen molar-refractivity contribution in [2.45, 2.75) is 18.4 Å². The van der Waals surface area contributed by atoms with Crippen molar-refractivity contribution in [3.63, 3.8) is 0 Å². The van der Waals surface area contributed by atoms with Crippen LogP contribution in [0.15, 0.2) is 24.3 Å². The average Bonchev–Trinajstić information content (AvgIpc) is 2.59. The fourth-order valence-corrected chi connectivity index (χ4v) is 1.79. The van der Waals surface area contributed by atoms with Crippen LogP contribution in [-0.4, -0.2) is 19.6 Å². The van der Waals surface area contributed by atoms with Gasteiger partial charge in [0.15, 0.2) is 0 Å². The van der Waals surface area contributed by atoms with E-state index in [0.717, 1.165) is 11.3 Å². The fraction of sp³-hybridized carbons (Fsp3) is 0.455. The molecule has 0 bridgehead atoms. The Bertz CT molecular complexity index is 337. The smallest absolute Gasteiger partial charge is 0.262 e. The van der Waals surface area contributed by atoms with Crippen molar-refractivity contribution in [3.8, 4) is 5.75 Å². The molecule has 1 aromatic carbocycles. The van der Waals surface area contributed by atoms with Crippen molar-refractivity contribution < 1.29 is 13.5 Å². The maximum Gasteiger partial charge on any atom is 0.262 e. The molecule has 0 amide bonds. The maximum atomic E-state index is 12.9. The molecular formula is C11H13F2NO. The SMILES string of the molecule is COc1ccc(C2CC(F)(F)CN2)cc1. The molecule has 1 atom stereocenters. The third-order valence-electron chi connectivity index (χ3n) is 2.63. The summed E-state index contributed by atoms with van der Waals surface area (Å²) in [6.07, 6.45) is -0.126. The van der Waals surface area contributed by atoms with Crippen LogP contribution in [-0.2, 0) is 0 Å². The van der Waals surface area contributed by atoms with Crippen molar-refractivity contribution in [3.05, 3.63) is 29.8 Å². The lowest BCUT2D eigenvalue weighted by molar-refractivity contribution is 0.0210. The molecule has 0 aromatic heterocycles. The second kappa shape index (κ2) is 3.77. The van der Waals surface area contributed by atoms with E-state index in [9.17, 15) is 8.78 Å². The molecule has 2 rings (SSSR count). The quantitative estimate of drug-likeness (QED) is 0.814. The molecule has 0 spiro atoms. The highest BCUT2D eigenvalue weighted by Crippen LogP contribution is 2.34. The average molecular weight is 213 g/mol. The molecule has 1 fully saturated rings. The third-order valence-corrected chi connectivity index (χ3v) is 2.63. The summed E-state index contributed by atoms with van der Waals surface area (Å²) in [5.41, 5.74) is 0.882. The zero-order valence-corrected chi connectivity index (χ0v) is 8.47. The summed E-state index contributed by atoms with van der Waals surface area (Å²) in [7, 11) is 1.58. The monoisotopic (exact) mass is 213 g/mol. The number of rotatable bonds is 2. The number of halogens is 2. The molecule has 1 unspecified atom stereocenters. The first-order chi connectivity index (χ1) is 7.11. The number of benzene rings is 1. The molecule has 0 aliphatic carbocycles. The van der Waals surface area contributed by atoms with E-state index in [1.165, 1.54) is 0 Å². The second-order valence-corrected chi connectivity index (χ2v) is 3.77. The summed E-state index contributed by atoms with van der Waals surface area (Å²) in [5.74, 6) is -1.84. The minimum atomic E-state index is -2.58. The Labute approximate surface area is 87.2 Å². The summed E-state index contributed by atoms with van der Waals surface area (Å²) < 4.78 is 30.9. The Hall–Kier alpha value is -1.16. The van der Waals surface area contributed by atoms with Crippen LogP contribution in [0.1, 0.15) is 18.0 Å². The van der Waals surface area contributed by atoms with E-state index < -0.39 is 5.92 Å². The molecule has 0 radical (unpaired) electrons. The second-order valence-electron chi connectivity index (χ2n) is 3.77. The van der Waals surface area contributed by atoms with Crippen LogP contribution in [0.3, 0.4) is 0 Å². The number of hydrogen-bond acceptors (Lipinski definition) is 2. The van der Waals surface area contributed by atoms with Gasteiger partial charge in [0, 0.05) is 12.5 Å². The zero-order valence-electron chi connectivity index (χ0n) is 8.47. The minimum Gasteiger partial charge on any atom is -0.497 e. The molecule has 1 aromatic rings. The van der Waals surface area contributed by atoms with Crippen LogP contribution in [0.25, 0.3) is 0 Å². The number of nitrogens with one attached hydrogen (secondary N) is 1. The van der Waals surface area contributed by atoms with Crippen LogP contribution in [0.5, 0.6) is 5.75 Å². The van der Waals surface area contributed by atoms with Crippen molar-refractivity contribution in [1.29, 1.82) is 0 Å². The topological polar surface area (TPSA) is 21.3 Å². The predicted octanol–water partition coefficient (Wildman–Crippen LogP) is 2.36. The van der Waals surface area contributed by atoms with E-state index in [2.05, 4.69) is 5.32 Å². The molecule has 2 nitrogen and oxygen atoms in total. The highest BCUT2D eigenvalue weighted by molar-refractivity contribution is 5.29. The van der Waals surface area contributed by atoms with Gasteiger partial charge in [0.1, 0.15) is 5.75 Å². The highest BCUT2D eigenvalue weighted by Gasteiger charge is 2.39. The van der Waals surface area contributed by atoms with Crippen LogP contribution in [0.4, 0.5) is 8.78 Å². The van der Waals surface area contributed by atoms with Crippen LogP contribution in [0.2, 0.25) is 0 Å². The summed E-state index contributed by atoms with van der Waals surface area (Å²) in [5, 5.41) is 2.81. The Morgan fingerprint density at radius 1 is 1.33 bits per heavy atom. The largest absolute Gasteiger partial charge is 0.497 e. The molecule has 15 heavy (non-hydrogen) atoms. The Kier molecular flexibility index (Phi) is 2.61. The fourth-order valence-electron chi connectivity index (χ4n) is 1.79. The predicted molar refractivity (Wildman–Crippen MR) is 53.3 cm³/mol. The van der Waals surface area contributed by atoms with Crippen molar-refractivity contribution in [2.24, 2.45) is 0 Å². The highest BCUT2D eigenvalue weighted by atomic mass is 19.3. The first-order valence-electron chi connectivity index (χ1n) is 4.86. The van der Waals surface area contributed by atoms with Gasteiger partial charge in [-0.05, 0) is 17.7 Å². The molecule has 1 aliphatic rings. The first-order valence-corrected chi connectivity index (χ1v) is 4.86. The van der Waals surface area contributed by atoms with E-state index in [1.807, 2.05) is 12.1 Å². The van der Waals surface area contributed by atoms with E-state index >= 15 is 0 Å². The van der Waals surface area contributed by atoms with Gasteiger partial charge in [0.05, 0.1) is 13.7 Å². The summed E-state index contributed by atoms with van der Waals surface area (Å²) in [4.78, 5) is 0. The Morgan fingerprint density at radius 2 is 2.00 bits per heavy atom. The molecule has 0 saturated carbocycles. The van der Waals surface area contributed by atoms with Gasteiger partial charge < -0.3 is 10.1 Å². The van der Waals surface area contributed by atoms with E-state index in [0.29, 0.717) is 0 Å². The van der Waals surface area contributed by atoms with Gasteiger partial charge in [0.2, 0.25) is 0 Å². The van der Waals surface area contributed by atoms with Crippen LogP contribution < -0.4 is 10.1 Å². The lowest BCUT2D eigenvalue weighted by Gasteiger charge is -2.11. The summed E-state index contributed by atoms with van der Waals surface area (Å²) in [6, 6.07) is 6.96. The number of methoxy groups -OCH3 is 1. The standard InChI is InChI=1S/C11H13F2NO/c1-15-9-4-2-8(3-5-9)10-6-11(12,13)7-14-10/h2-5,10,14H,6-7H2,1H3. The third kappa shape index (κ3) is 2.26. The molecule has 4 heteroatoms. The lowest BCUT2D eigenvalue weighted by Crippen LogP contribution is -2.19. The van der Waals surface area contributed by atoms with Crippen molar-refractivity contribution >= 4 is 0 Å². The van der Waals surface area contributed by atoms with E-state index in [1.54, 1.807) is 19.2 Å². The number of alkyl halides is 2. The Balaban J connectivity index is 2.11. The Morgan fingerprint density at radius 3 is 2.47 bits per heavy atom. The number of ether oxygens (including phenoxy) is 1. The summed E-state index contributed by atoms with van der Waals surface area (Å²) >= 11 is 0. The lowest BCUT2D eigenvalue weighted by atomic mass is 10.0. The normalized spacial score (nSPS) is 24.1. The van der Waals surface area contributed by atoms with Gasteiger partial charge >= 0.3 is 0 Å². The molecule has 1 aliphatic heterocycles. The molecule has 1 saturated heterocycles. The molecule has 1 N–H and O–H groups in total. The maximum absolute atomic E-state index is 12.9. The van der Waals surface area contributed by atoms with Crippen LogP contribution >= 0.6 is 0 Å². The van der Waals surface area contributed by atoms with Crippen molar-refractivity contribution in [1.82, 2.24) is 5.32 Å². The van der Waals surface area contributed by atoms with Gasteiger partial charge in [-0.2, -0.15) is 0 Å². The van der Waals surface area contributed by atoms with Crippen molar-refractivity contribution in [2.75, 3.05) is 13.7 Å². The van der Waals surface area contributed by atoms with Gasteiger partial charge in [-0.15, -0.1) is 0 Å². The van der Waals surface area contributed by atoms with E-state index in [-0.39, 0.29) is 19.0 Å². The van der Waals surface area contributed by atoms with Gasteiger partial charge in [-0.1, -0.05) is 12.1 Å². The molecular weight excluding hydrogens is 200 g/mol. The van der Waals surface area contributed by atoms with Crippen LogP contribution in [0, 0.1) is 0 Å². The molecule has 82 valence electrons. The van der Waals surface area contributed by atoms with Gasteiger partial charge in [-0.25, -0.2) is 8.78 Å². The summed E-state index contributed by atoms with van der Waals surface area (Å²) in [6.45, 7) is -0.232. The van der Waals surface area contributed by atoms with Gasteiger partial charge in [0.25, 0.3) is 5.92 Å². The number of hydrogen-bond donors (Lipinski definition) is 1. The minimum absolute atomic E-state index is 0.126. The van der Waals surface area contributed by atoms with E-state index in [4.69, 9.17) is 4.74 Å².